The predicted molar refractivity (Wildman–Crippen MR) is 29.4 cm³/mol. The SMILES string of the molecule is CCc1nn(O)c(=O)[nH]1. The zero-order valence-electron chi connectivity index (χ0n) is 4.96. The smallest absolute Gasteiger partial charge is 0.377 e. The maximum absolute atomic E-state index is 10.4. The summed E-state index contributed by atoms with van der Waals surface area (Å²) in [5.41, 5.74) is -0.591. The number of hydrogen-bond donors (Lipinski definition) is 2. The number of aromatic nitrogens is 3. The van der Waals surface area contributed by atoms with Crippen molar-refractivity contribution in [1.29, 1.82) is 0 Å². The van der Waals surface area contributed by atoms with Crippen molar-refractivity contribution in [3.63, 3.8) is 0 Å². The molecule has 0 saturated carbocycles. The molecule has 1 aromatic heterocycles. The summed E-state index contributed by atoms with van der Waals surface area (Å²) in [7, 11) is 0. The van der Waals surface area contributed by atoms with E-state index in [4.69, 9.17) is 5.21 Å². The molecule has 1 rings (SSSR count). The summed E-state index contributed by atoms with van der Waals surface area (Å²) in [6.07, 6.45) is 0.614. The first kappa shape index (κ1) is 5.87. The Morgan fingerprint density at radius 2 is 2.56 bits per heavy atom. The number of nitrogens with one attached hydrogen (secondary N) is 1. The van der Waals surface area contributed by atoms with Gasteiger partial charge in [-0.3, -0.25) is 4.98 Å². The lowest BCUT2D eigenvalue weighted by atomic mass is 10.5. The quantitative estimate of drug-likeness (QED) is 0.496. The summed E-state index contributed by atoms with van der Waals surface area (Å²) in [5.74, 6) is 0.488. The first-order valence-corrected chi connectivity index (χ1v) is 2.61. The number of aromatic amines is 1. The topological polar surface area (TPSA) is 70.9 Å². The Kier molecular flexibility index (Phi) is 1.26. The van der Waals surface area contributed by atoms with Crippen molar-refractivity contribution in [2.75, 3.05) is 0 Å². The third kappa shape index (κ3) is 0.933. The predicted octanol–water partition coefficient (Wildman–Crippen LogP) is -0.629. The third-order valence-corrected chi connectivity index (χ3v) is 0.983. The normalized spacial score (nSPS) is 9.89. The summed E-state index contributed by atoms with van der Waals surface area (Å²) in [5, 5.41) is 12.0. The van der Waals surface area contributed by atoms with Crippen LogP contribution in [0.1, 0.15) is 12.7 Å². The number of nitrogens with zero attached hydrogens (tertiary/aromatic N) is 2. The molecule has 0 unspecified atom stereocenters. The second-order valence-electron chi connectivity index (χ2n) is 1.62. The second kappa shape index (κ2) is 1.93. The highest BCUT2D eigenvalue weighted by Gasteiger charge is 1.97. The molecule has 0 aliphatic rings. The monoisotopic (exact) mass is 129 g/mol. The van der Waals surface area contributed by atoms with Gasteiger partial charge in [0.05, 0.1) is 0 Å². The Morgan fingerprint density at radius 1 is 1.89 bits per heavy atom. The molecule has 9 heavy (non-hydrogen) atoms. The van der Waals surface area contributed by atoms with Crippen LogP contribution in [-0.4, -0.2) is 20.1 Å². The molecule has 5 nitrogen and oxygen atoms in total. The lowest BCUT2D eigenvalue weighted by Crippen LogP contribution is -2.14. The van der Waals surface area contributed by atoms with Gasteiger partial charge in [0, 0.05) is 6.42 Å². The van der Waals surface area contributed by atoms with E-state index in [0.717, 1.165) is 0 Å². The van der Waals surface area contributed by atoms with Crippen LogP contribution in [0.15, 0.2) is 4.79 Å². The zero-order valence-corrected chi connectivity index (χ0v) is 4.96. The van der Waals surface area contributed by atoms with Crippen molar-refractivity contribution in [3.8, 4) is 0 Å². The van der Waals surface area contributed by atoms with Gasteiger partial charge < -0.3 is 5.21 Å². The Bertz CT molecular complexity index is 249. The molecule has 0 spiro atoms. The van der Waals surface area contributed by atoms with E-state index in [0.29, 0.717) is 17.1 Å². The van der Waals surface area contributed by atoms with Crippen LogP contribution in [0, 0.1) is 0 Å². The molecule has 0 bridgehead atoms. The van der Waals surface area contributed by atoms with Gasteiger partial charge in [-0.25, -0.2) is 4.79 Å². The van der Waals surface area contributed by atoms with Gasteiger partial charge in [0.1, 0.15) is 5.82 Å². The fraction of sp³-hybridized carbons (Fsp3) is 0.500. The van der Waals surface area contributed by atoms with E-state index in [9.17, 15) is 4.79 Å². The maximum Gasteiger partial charge on any atom is 0.377 e. The van der Waals surface area contributed by atoms with Crippen LogP contribution in [0.2, 0.25) is 0 Å². The van der Waals surface area contributed by atoms with E-state index in [1.54, 1.807) is 0 Å². The molecule has 2 N–H and O–H groups in total. The van der Waals surface area contributed by atoms with Crippen LogP contribution in [0.3, 0.4) is 0 Å². The van der Waals surface area contributed by atoms with E-state index in [1.165, 1.54) is 0 Å². The molecule has 0 aliphatic heterocycles. The van der Waals surface area contributed by atoms with Crippen molar-refractivity contribution in [2.24, 2.45) is 0 Å². The highest BCUT2D eigenvalue weighted by molar-refractivity contribution is 4.78. The van der Waals surface area contributed by atoms with Crippen molar-refractivity contribution in [2.45, 2.75) is 13.3 Å². The second-order valence-corrected chi connectivity index (χ2v) is 1.62. The number of aryl methyl sites for hydroxylation is 1. The fourth-order valence-electron chi connectivity index (χ4n) is 0.517. The van der Waals surface area contributed by atoms with Gasteiger partial charge >= 0.3 is 5.69 Å². The minimum Gasteiger partial charge on any atom is -0.407 e. The van der Waals surface area contributed by atoms with E-state index >= 15 is 0 Å². The zero-order chi connectivity index (χ0) is 6.85. The first-order chi connectivity index (χ1) is 4.24. The summed E-state index contributed by atoms with van der Waals surface area (Å²) in [6.45, 7) is 1.83. The molecule has 0 fully saturated rings. The first-order valence-electron chi connectivity index (χ1n) is 2.61. The lowest BCUT2D eigenvalue weighted by molar-refractivity contribution is 0.137. The summed E-state index contributed by atoms with van der Waals surface area (Å²) in [4.78, 5) is 13.0. The maximum atomic E-state index is 10.4. The van der Waals surface area contributed by atoms with Crippen LogP contribution in [0.5, 0.6) is 0 Å². The van der Waals surface area contributed by atoms with Gasteiger partial charge in [-0.1, -0.05) is 6.92 Å². The number of rotatable bonds is 1. The molecule has 0 amide bonds. The molecule has 0 aromatic carbocycles. The molecule has 1 heterocycles. The molecule has 1 aromatic rings. The van der Waals surface area contributed by atoms with Crippen molar-refractivity contribution in [1.82, 2.24) is 14.9 Å². The van der Waals surface area contributed by atoms with E-state index in [2.05, 4.69) is 10.1 Å². The van der Waals surface area contributed by atoms with Crippen molar-refractivity contribution in [3.05, 3.63) is 16.3 Å². The van der Waals surface area contributed by atoms with Crippen molar-refractivity contribution >= 4 is 0 Å². The average molecular weight is 129 g/mol. The highest BCUT2D eigenvalue weighted by Crippen LogP contribution is 1.81. The van der Waals surface area contributed by atoms with E-state index in [-0.39, 0.29) is 0 Å². The fourth-order valence-corrected chi connectivity index (χ4v) is 0.517. The minimum atomic E-state index is -0.591. The van der Waals surface area contributed by atoms with Crippen LogP contribution < -0.4 is 5.69 Å². The molecular weight excluding hydrogens is 122 g/mol. The molecule has 0 saturated heterocycles. The molecule has 0 radical (unpaired) electrons. The number of hydrogen-bond acceptors (Lipinski definition) is 3. The van der Waals surface area contributed by atoms with Gasteiger partial charge in [-0.15, -0.1) is 5.10 Å². The minimum absolute atomic E-state index is 0.291. The molecular formula is C4H7N3O2. The standard InChI is InChI=1S/C4H7N3O2/c1-2-3-5-4(8)7(9)6-3/h9H,2H2,1H3,(H,5,6,8). The Labute approximate surface area is 50.9 Å². The average Bonchev–Trinajstić information content (AvgIpc) is 2.13. The summed E-state index contributed by atoms with van der Waals surface area (Å²) >= 11 is 0. The highest BCUT2D eigenvalue weighted by atomic mass is 16.5. The van der Waals surface area contributed by atoms with Crippen LogP contribution >= 0.6 is 0 Å². The van der Waals surface area contributed by atoms with Crippen LogP contribution in [0.25, 0.3) is 0 Å². The lowest BCUT2D eigenvalue weighted by Gasteiger charge is -1.79. The molecule has 50 valence electrons. The largest absolute Gasteiger partial charge is 0.407 e. The Hall–Kier alpha value is -1.26. The van der Waals surface area contributed by atoms with E-state index < -0.39 is 5.69 Å². The molecule has 0 aliphatic carbocycles. The summed E-state index contributed by atoms with van der Waals surface area (Å²) in [6, 6.07) is 0. The Balaban J connectivity index is 3.13. The molecule has 0 atom stereocenters. The van der Waals surface area contributed by atoms with Gasteiger partial charge in [0.25, 0.3) is 0 Å². The molecule has 5 heteroatoms. The van der Waals surface area contributed by atoms with Gasteiger partial charge in [0.2, 0.25) is 0 Å². The number of H-pyrrole nitrogens is 1. The third-order valence-electron chi connectivity index (χ3n) is 0.983. The van der Waals surface area contributed by atoms with E-state index in [1.807, 2.05) is 6.92 Å². The van der Waals surface area contributed by atoms with Crippen LogP contribution in [0.4, 0.5) is 0 Å². The van der Waals surface area contributed by atoms with Gasteiger partial charge in [-0.2, -0.15) is 0 Å². The van der Waals surface area contributed by atoms with Gasteiger partial charge in [0.15, 0.2) is 0 Å². The van der Waals surface area contributed by atoms with Crippen molar-refractivity contribution < 1.29 is 5.21 Å². The Morgan fingerprint density at radius 3 is 2.78 bits per heavy atom. The summed E-state index contributed by atoms with van der Waals surface area (Å²) < 4.78 is 0. The van der Waals surface area contributed by atoms with Crippen LogP contribution in [-0.2, 0) is 6.42 Å². The van der Waals surface area contributed by atoms with Gasteiger partial charge in [-0.05, 0) is 4.85 Å².